The van der Waals surface area contributed by atoms with Crippen LogP contribution in [0.5, 0.6) is 0 Å². The SMILES string of the molecule is COCc1cc(C(=O)Nc2ccc(C)cc2Br)no1. The second-order valence-electron chi connectivity index (χ2n) is 4.05. The van der Waals surface area contributed by atoms with Gasteiger partial charge in [-0.1, -0.05) is 11.2 Å². The second-order valence-corrected chi connectivity index (χ2v) is 4.90. The van der Waals surface area contributed by atoms with E-state index >= 15 is 0 Å². The fourth-order valence-corrected chi connectivity index (χ4v) is 2.13. The van der Waals surface area contributed by atoms with Gasteiger partial charge in [-0.15, -0.1) is 0 Å². The summed E-state index contributed by atoms with van der Waals surface area (Å²) in [6, 6.07) is 7.22. The summed E-state index contributed by atoms with van der Waals surface area (Å²) in [4.78, 5) is 12.0. The first-order valence-electron chi connectivity index (χ1n) is 5.62. The van der Waals surface area contributed by atoms with Gasteiger partial charge in [-0.25, -0.2) is 0 Å². The number of nitrogens with zero attached hydrogens (tertiary/aromatic N) is 1. The Morgan fingerprint density at radius 2 is 2.26 bits per heavy atom. The van der Waals surface area contributed by atoms with Crippen molar-refractivity contribution >= 4 is 27.5 Å². The summed E-state index contributed by atoms with van der Waals surface area (Å²) in [7, 11) is 1.55. The van der Waals surface area contributed by atoms with Crippen LogP contribution in [0.3, 0.4) is 0 Å². The van der Waals surface area contributed by atoms with Crippen molar-refractivity contribution in [1.29, 1.82) is 0 Å². The van der Waals surface area contributed by atoms with E-state index in [1.807, 2.05) is 25.1 Å². The van der Waals surface area contributed by atoms with E-state index in [2.05, 4.69) is 26.4 Å². The number of methoxy groups -OCH3 is 1. The Balaban J connectivity index is 2.11. The van der Waals surface area contributed by atoms with E-state index in [1.54, 1.807) is 13.2 Å². The van der Waals surface area contributed by atoms with E-state index in [-0.39, 0.29) is 18.2 Å². The number of halogens is 1. The molecule has 0 spiro atoms. The number of carbonyl (C=O) groups excluding carboxylic acids is 1. The summed E-state index contributed by atoms with van der Waals surface area (Å²) in [6.45, 7) is 2.26. The summed E-state index contributed by atoms with van der Waals surface area (Å²) >= 11 is 3.40. The maximum atomic E-state index is 12.0. The Kier molecular flexibility index (Phi) is 4.34. The molecule has 0 saturated carbocycles. The minimum absolute atomic E-state index is 0.222. The van der Waals surface area contributed by atoms with Gasteiger partial charge in [0.1, 0.15) is 6.61 Å². The molecule has 1 heterocycles. The summed E-state index contributed by atoms with van der Waals surface area (Å²) in [5.41, 5.74) is 2.01. The zero-order valence-electron chi connectivity index (χ0n) is 10.6. The lowest BCUT2D eigenvalue weighted by Gasteiger charge is -2.06. The van der Waals surface area contributed by atoms with Gasteiger partial charge in [0.2, 0.25) is 0 Å². The Morgan fingerprint density at radius 1 is 1.47 bits per heavy atom. The van der Waals surface area contributed by atoms with E-state index < -0.39 is 0 Å². The highest BCUT2D eigenvalue weighted by Gasteiger charge is 2.13. The molecule has 0 radical (unpaired) electrons. The molecule has 19 heavy (non-hydrogen) atoms. The average molecular weight is 325 g/mol. The fourth-order valence-electron chi connectivity index (χ4n) is 1.54. The molecule has 0 unspecified atom stereocenters. The molecule has 1 aromatic carbocycles. The first-order chi connectivity index (χ1) is 9.10. The lowest BCUT2D eigenvalue weighted by atomic mass is 10.2. The third-order valence-corrected chi connectivity index (χ3v) is 3.11. The Labute approximate surface area is 119 Å². The molecular weight excluding hydrogens is 312 g/mol. The predicted molar refractivity (Wildman–Crippen MR) is 74.0 cm³/mol. The van der Waals surface area contributed by atoms with Crippen molar-refractivity contribution in [2.45, 2.75) is 13.5 Å². The average Bonchev–Trinajstić information content (AvgIpc) is 2.82. The van der Waals surface area contributed by atoms with Gasteiger partial charge in [-0.2, -0.15) is 0 Å². The number of anilines is 1. The molecule has 2 rings (SSSR count). The highest BCUT2D eigenvalue weighted by Crippen LogP contribution is 2.23. The lowest BCUT2D eigenvalue weighted by Crippen LogP contribution is -2.12. The van der Waals surface area contributed by atoms with Crippen LogP contribution in [0.15, 0.2) is 33.3 Å². The van der Waals surface area contributed by atoms with Crippen LogP contribution >= 0.6 is 15.9 Å². The molecule has 6 heteroatoms. The molecular formula is C13H13BrN2O3. The van der Waals surface area contributed by atoms with Crippen molar-refractivity contribution in [2.75, 3.05) is 12.4 Å². The van der Waals surface area contributed by atoms with Crippen molar-refractivity contribution in [3.05, 3.63) is 45.8 Å². The minimum atomic E-state index is -0.323. The summed E-state index contributed by atoms with van der Waals surface area (Å²) < 4.78 is 10.7. The molecule has 0 atom stereocenters. The summed E-state index contributed by atoms with van der Waals surface area (Å²) in [5, 5.41) is 6.46. The van der Waals surface area contributed by atoms with Gasteiger partial charge in [0.05, 0.1) is 5.69 Å². The largest absolute Gasteiger partial charge is 0.377 e. The molecule has 0 aliphatic carbocycles. The third kappa shape index (κ3) is 3.42. The molecule has 100 valence electrons. The first-order valence-corrected chi connectivity index (χ1v) is 6.41. The monoisotopic (exact) mass is 324 g/mol. The summed E-state index contributed by atoms with van der Waals surface area (Å²) in [5.74, 6) is 0.186. The van der Waals surface area contributed by atoms with Crippen LogP contribution in [-0.4, -0.2) is 18.2 Å². The molecule has 1 N–H and O–H groups in total. The number of rotatable bonds is 4. The van der Waals surface area contributed by atoms with Crippen LogP contribution in [0.25, 0.3) is 0 Å². The Morgan fingerprint density at radius 3 is 2.95 bits per heavy atom. The molecule has 0 fully saturated rings. The fraction of sp³-hybridized carbons (Fsp3) is 0.231. The maximum absolute atomic E-state index is 12.0. The van der Waals surface area contributed by atoms with Gasteiger partial charge in [0, 0.05) is 17.6 Å². The maximum Gasteiger partial charge on any atom is 0.277 e. The smallest absolute Gasteiger partial charge is 0.277 e. The van der Waals surface area contributed by atoms with Crippen LogP contribution < -0.4 is 5.32 Å². The van der Waals surface area contributed by atoms with E-state index in [1.165, 1.54) is 0 Å². The van der Waals surface area contributed by atoms with Crippen LogP contribution in [0.2, 0.25) is 0 Å². The number of aromatic nitrogens is 1. The van der Waals surface area contributed by atoms with Crippen molar-refractivity contribution in [1.82, 2.24) is 5.16 Å². The Bertz CT molecular complexity index is 595. The minimum Gasteiger partial charge on any atom is -0.377 e. The van der Waals surface area contributed by atoms with Gasteiger partial charge in [0.25, 0.3) is 5.91 Å². The number of hydrogen-bond acceptors (Lipinski definition) is 4. The quantitative estimate of drug-likeness (QED) is 0.938. The summed E-state index contributed by atoms with van der Waals surface area (Å²) in [6.07, 6.45) is 0. The highest BCUT2D eigenvalue weighted by atomic mass is 79.9. The van der Waals surface area contributed by atoms with Crippen molar-refractivity contribution in [2.24, 2.45) is 0 Å². The molecule has 5 nitrogen and oxygen atoms in total. The molecule has 1 aromatic heterocycles. The molecule has 0 aliphatic heterocycles. The van der Waals surface area contributed by atoms with Gasteiger partial charge in [0.15, 0.2) is 11.5 Å². The second kappa shape index (κ2) is 5.99. The highest BCUT2D eigenvalue weighted by molar-refractivity contribution is 9.10. The molecule has 0 bridgehead atoms. The van der Waals surface area contributed by atoms with E-state index in [9.17, 15) is 4.79 Å². The van der Waals surface area contributed by atoms with Crippen molar-refractivity contribution in [3.63, 3.8) is 0 Å². The number of carbonyl (C=O) groups is 1. The Hall–Kier alpha value is -1.66. The van der Waals surface area contributed by atoms with Gasteiger partial charge in [-0.3, -0.25) is 4.79 Å². The predicted octanol–water partition coefficient (Wildman–Crippen LogP) is 3.14. The van der Waals surface area contributed by atoms with Crippen LogP contribution in [0.4, 0.5) is 5.69 Å². The number of aryl methyl sites for hydroxylation is 1. The normalized spacial score (nSPS) is 10.5. The van der Waals surface area contributed by atoms with Gasteiger partial charge >= 0.3 is 0 Å². The first kappa shape index (κ1) is 13.8. The van der Waals surface area contributed by atoms with Crippen LogP contribution in [0, 0.1) is 6.92 Å². The number of amides is 1. The zero-order chi connectivity index (χ0) is 13.8. The van der Waals surface area contributed by atoms with Crippen LogP contribution in [0.1, 0.15) is 21.8 Å². The van der Waals surface area contributed by atoms with Gasteiger partial charge < -0.3 is 14.6 Å². The number of hydrogen-bond donors (Lipinski definition) is 1. The van der Waals surface area contributed by atoms with E-state index in [0.29, 0.717) is 11.4 Å². The third-order valence-electron chi connectivity index (χ3n) is 2.45. The van der Waals surface area contributed by atoms with E-state index in [4.69, 9.17) is 9.26 Å². The number of nitrogens with one attached hydrogen (secondary N) is 1. The molecule has 0 saturated heterocycles. The molecule has 2 aromatic rings. The zero-order valence-corrected chi connectivity index (χ0v) is 12.2. The van der Waals surface area contributed by atoms with Crippen molar-refractivity contribution < 1.29 is 14.1 Å². The van der Waals surface area contributed by atoms with Crippen LogP contribution in [-0.2, 0) is 11.3 Å². The number of ether oxygens (including phenoxy) is 1. The topological polar surface area (TPSA) is 64.4 Å². The van der Waals surface area contributed by atoms with Gasteiger partial charge in [-0.05, 0) is 40.5 Å². The molecule has 1 amide bonds. The molecule has 0 aliphatic rings. The van der Waals surface area contributed by atoms with Crippen molar-refractivity contribution in [3.8, 4) is 0 Å². The standard InChI is InChI=1S/C13H13BrN2O3/c1-8-3-4-11(10(14)5-8)15-13(17)12-6-9(7-18-2)19-16-12/h3-6H,7H2,1-2H3,(H,15,17). The number of benzene rings is 1. The lowest BCUT2D eigenvalue weighted by molar-refractivity contribution is 0.101. The van der Waals surface area contributed by atoms with E-state index in [0.717, 1.165) is 10.0 Å².